The zero-order valence-corrected chi connectivity index (χ0v) is 10.9. The lowest BCUT2D eigenvalue weighted by Gasteiger charge is -2.27. The summed E-state index contributed by atoms with van der Waals surface area (Å²) in [6.07, 6.45) is -0.243. The van der Waals surface area contributed by atoms with Gasteiger partial charge in [0, 0.05) is 5.02 Å². The summed E-state index contributed by atoms with van der Waals surface area (Å²) in [5.74, 6) is -0.330. The molecule has 17 heavy (non-hydrogen) atoms. The average molecular weight is 279 g/mol. The van der Waals surface area contributed by atoms with Gasteiger partial charge >= 0.3 is 0 Å². The minimum absolute atomic E-state index is 0.243. The van der Waals surface area contributed by atoms with Crippen LogP contribution in [0.15, 0.2) is 12.1 Å². The van der Waals surface area contributed by atoms with Gasteiger partial charge in [-0.25, -0.2) is 4.39 Å². The van der Waals surface area contributed by atoms with Crippen molar-refractivity contribution >= 4 is 23.2 Å². The first kappa shape index (κ1) is 13.1. The number of halogens is 3. The van der Waals surface area contributed by atoms with Gasteiger partial charge in [0.2, 0.25) is 0 Å². The van der Waals surface area contributed by atoms with Gasteiger partial charge in [0.25, 0.3) is 0 Å². The van der Waals surface area contributed by atoms with Crippen LogP contribution in [0, 0.1) is 12.7 Å². The lowest BCUT2D eigenvalue weighted by atomic mass is 10.0. The quantitative estimate of drug-likeness (QED) is 0.772. The van der Waals surface area contributed by atoms with Gasteiger partial charge < -0.3 is 9.47 Å². The molecule has 1 heterocycles. The smallest absolute Gasteiger partial charge is 0.127 e. The van der Waals surface area contributed by atoms with Crippen LogP contribution in [0.1, 0.15) is 16.5 Å². The van der Waals surface area contributed by atoms with Crippen LogP contribution in [0.3, 0.4) is 0 Å². The van der Waals surface area contributed by atoms with E-state index in [-0.39, 0.29) is 11.9 Å². The van der Waals surface area contributed by atoms with Gasteiger partial charge in [0.15, 0.2) is 0 Å². The van der Waals surface area contributed by atoms with E-state index in [9.17, 15) is 4.39 Å². The maximum atomic E-state index is 13.3. The molecule has 2 nitrogen and oxygen atoms in total. The van der Waals surface area contributed by atoms with Crippen molar-refractivity contribution in [2.45, 2.75) is 18.4 Å². The Morgan fingerprint density at radius 2 is 2.18 bits per heavy atom. The molecule has 0 saturated carbocycles. The Kier molecular flexibility index (Phi) is 4.26. The van der Waals surface area contributed by atoms with Gasteiger partial charge in [0.1, 0.15) is 11.9 Å². The van der Waals surface area contributed by atoms with E-state index in [1.165, 1.54) is 6.07 Å². The number of hydrogen-bond acceptors (Lipinski definition) is 2. The van der Waals surface area contributed by atoms with Crippen molar-refractivity contribution in [2.75, 3.05) is 19.8 Å². The van der Waals surface area contributed by atoms with Crippen LogP contribution in [0.5, 0.6) is 0 Å². The molecule has 0 bridgehead atoms. The first-order valence-corrected chi connectivity index (χ1v) is 6.20. The third kappa shape index (κ3) is 2.91. The average Bonchev–Trinajstić information content (AvgIpc) is 2.34. The number of hydrogen-bond donors (Lipinski definition) is 0. The van der Waals surface area contributed by atoms with Gasteiger partial charge in [0.05, 0.1) is 25.2 Å². The van der Waals surface area contributed by atoms with Gasteiger partial charge in [-0.15, -0.1) is 11.6 Å². The zero-order valence-electron chi connectivity index (χ0n) is 9.38. The van der Waals surface area contributed by atoms with Crippen LogP contribution >= 0.6 is 23.2 Å². The van der Waals surface area contributed by atoms with Crippen molar-refractivity contribution in [1.82, 2.24) is 0 Å². The van der Waals surface area contributed by atoms with Crippen molar-refractivity contribution in [1.29, 1.82) is 0 Å². The van der Waals surface area contributed by atoms with E-state index in [0.29, 0.717) is 36.0 Å². The number of rotatable bonds is 2. The molecule has 1 saturated heterocycles. The third-order valence-electron chi connectivity index (χ3n) is 2.74. The lowest BCUT2D eigenvalue weighted by Crippen LogP contribution is -2.32. The maximum Gasteiger partial charge on any atom is 0.127 e. The number of benzene rings is 1. The molecular formula is C12H13Cl2FO2. The van der Waals surface area contributed by atoms with Gasteiger partial charge in [-0.05, 0) is 24.1 Å². The Morgan fingerprint density at radius 3 is 2.82 bits per heavy atom. The highest BCUT2D eigenvalue weighted by molar-refractivity contribution is 6.32. The summed E-state index contributed by atoms with van der Waals surface area (Å²) in [6.45, 7) is 3.21. The second-order valence-corrected chi connectivity index (χ2v) is 4.89. The molecule has 1 fully saturated rings. The molecule has 1 aliphatic rings. The third-order valence-corrected chi connectivity index (χ3v) is 3.59. The van der Waals surface area contributed by atoms with Crippen molar-refractivity contribution in [3.63, 3.8) is 0 Å². The fraction of sp³-hybridized carbons (Fsp3) is 0.500. The number of ether oxygens (including phenoxy) is 2. The maximum absolute atomic E-state index is 13.3. The first-order valence-electron chi connectivity index (χ1n) is 5.38. The number of aryl methyl sites for hydroxylation is 1. The minimum atomic E-state index is -0.429. The van der Waals surface area contributed by atoms with E-state index in [4.69, 9.17) is 32.7 Å². The predicted octanol–water partition coefficient (Wildman–Crippen LogP) is 3.48. The van der Waals surface area contributed by atoms with Gasteiger partial charge in [-0.3, -0.25) is 0 Å². The molecular weight excluding hydrogens is 266 g/mol. The molecule has 2 atom stereocenters. The molecule has 0 aliphatic carbocycles. The summed E-state index contributed by atoms with van der Waals surface area (Å²) in [5, 5.41) is -0.107. The van der Waals surface area contributed by atoms with Crippen molar-refractivity contribution in [3.05, 3.63) is 34.1 Å². The molecule has 0 radical (unpaired) electrons. The SMILES string of the molecule is Cc1cc(C(Cl)C2COCCO2)c(Cl)cc1F. The second-order valence-electron chi connectivity index (χ2n) is 4.01. The number of alkyl halides is 1. The highest BCUT2D eigenvalue weighted by atomic mass is 35.5. The molecule has 0 amide bonds. The van der Waals surface area contributed by atoms with E-state index in [1.54, 1.807) is 13.0 Å². The summed E-state index contributed by atoms with van der Waals surface area (Å²) >= 11 is 12.3. The molecule has 1 aromatic carbocycles. The molecule has 1 aliphatic heterocycles. The van der Waals surface area contributed by atoms with Crippen molar-refractivity contribution in [2.24, 2.45) is 0 Å². The highest BCUT2D eigenvalue weighted by Crippen LogP contribution is 2.34. The molecule has 2 unspecified atom stereocenters. The summed E-state index contributed by atoms with van der Waals surface area (Å²) in [5.41, 5.74) is 1.20. The van der Waals surface area contributed by atoms with E-state index >= 15 is 0 Å². The second kappa shape index (κ2) is 5.53. The van der Waals surface area contributed by atoms with Gasteiger partial charge in [-0.2, -0.15) is 0 Å². The van der Waals surface area contributed by atoms with Gasteiger partial charge in [-0.1, -0.05) is 17.7 Å². The van der Waals surface area contributed by atoms with Crippen LogP contribution in [-0.2, 0) is 9.47 Å². The van der Waals surface area contributed by atoms with Crippen LogP contribution in [0.2, 0.25) is 5.02 Å². The monoisotopic (exact) mass is 278 g/mol. The molecule has 1 aromatic rings. The van der Waals surface area contributed by atoms with Crippen molar-refractivity contribution < 1.29 is 13.9 Å². The van der Waals surface area contributed by atoms with E-state index in [1.807, 2.05) is 0 Å². The standard InChI is InChI=1S/C12H13Cl2FO2/c1-7-4-8(9(13)5-10(7)15)12(14)11-6-16-2-3-17-11/h4-5,11-12H,2-3,6H2,1H3. The minimum Gasteiger partial charge on any atom is -0.376 e. The Labute approximate surface area is 110 Å². The summed E-state index contributed by atoms with van der Waals surface area (Å²) < 4.78 is 24.1. The van der Waals surface area contributed by atoms with Crippen LogP contribution in [0.4, 0.5) is 4.39 Å². The molecule has 94 valence electrons. The summed E-state index contributed by atoms with van der Waals surface area (Å²) in [7, 11) is 0. The summed E-state index contributed by atoms with van der Waals surface area (Å²) in [4.78, 5) is 0. The lowest BCUT2D eigenvalue weighted by molar-refractivity contribution is -0.0892. The molecule has 0 spiro atoms. The zero-order chi connectivity index (χ0) is 12.4. The predicted molar refractivity (Wildman–Crippen MR) is 65.3 cm³/mol. The first-order chi connectivity index (χ1) is 8.09. The fourth-order valence-corrected chi connectivity index (χ4v) is 2.42. The molecule has 5 heteroatoms. The molecule has 0 N–H and O–H groups in total. The fourth-order valence-electron chi connectivity index (χ4n) is 1.77. The topological polar surface area (TPSA) is 18.5 Å². The van der Waals surface area contributed by atoms with Crippen LogP contribution < -0.4 is 0 Å². The molecule has 0 aromatic heterocycles. The van der Waals surface area contributed by atoms with E-state index in [0.717, 1.165) is 0 Å². The normalized spacial score (nSPS) is 22.5. The highest BCUT2D eigenvalue weighted by Gasteiger charge is 2.27. The van der Waals surface area contributed by atoms with E-state index in [2.05, 4.69) is 0 Å². The Balaban J connectivity index is 2.23. The van der Waals surface area contributed by atoms with Crippen LogP contribution in [0.25, 0.3) is 0 Å². The van der Waals surface area contributed by atoms with E-state index < -0.39 is 5.38 Å². The largest absolute Gasteiger partial charge is 0.376 e. The van der Waals surface area contributed by atoms with Crippen molar-refractivity contribution in [3.8, 4) is 0 Å². The van der Waals surface area contributed by atoms with Crippen LogP contribution in [-0.4, -0.2) is 25.9 Å². The Bertz CT molecular complexity index is 406. The Hall–Kier alpha value is -0.350. The molecule has 2 rings (SSSR count). The summed E-state index contributed by atoms with van der Waals surface area (Å²) in [6, 6.07) is 2.94. The Morgan fingerprint density at radius 1 is 1.41 bits per heavy atom.